The fraction of sp³-hybridized carbons (Fsp3) is 0.467. The van der Waals surface area contributed by atoms with Gasteiger partial charge in [-0.05, 0) is 36.6 Å². The summed E-state index contributed by atoms with van der Waals surface area (Å²) in [5, 5.41) is 5.33. The first kappa shape index (κ1) is 16.9. The molecule has 1 aromatic rings. The Morgan fingerprint density at radius 3 is 2.48 bits per heavy atom. The smallest absolute Gasteiger partial charge is 0.314 e. The van der Waals surface area contributed by atoms with Gasteiger partial charge in [-0.25, -0.2) is 9.18 Å². The average molecular weight is 295 g/mol. The van der Waals surface area contributed by atoms with Crippen molar-refractivity contribution in [1.82, 2.24) is 15.5 Å². The SMILES string of the molecule is Cc1cc(F)ccc1CCNC(=O)NCCC(=O)N(C)C. The van der Waals surface area contributed by atoms with E-state index in [0.29, 0.717) is 19.5 Å². The van der Waals surface area contributed by atoms with Crippen molar-refractivity contribution in [2.24, 2.45) is 0 Å². The van der Waals surface area contributed by atoms with E-state index in [4.69, 9.17) is 0 Å². The molecule has 3 amide bonds. The van der Waals surface area contributed by atoms with Gasteiger partial charge in [0, 0.05) is 33.6 Å². The van der Waals surface area contributed by atoms with Crippen LogP contribution in [0.3, 0.4) is 0 Å². The Morgan fingerprint density at radius 1 is 1.19 bits per heavy atom. The summed E-state index contributed by atoms with van der Waals surface area (Å²) in [4.78, 5) is 24.3. The second-order valence-electron chi connectivity index (χ2n) is 5.04. The Labute approximate surface area is 124 Å². The van der Waals surface area contributed by atoms with Crippen LogP contribution in [0.5, 0.6) is 0 Å². The van der Waals surface area contributed by atoms with Gasteiger partial charge in [0.1, 0.15) is 5.82 Å². The molecule has 0 aliphatic rings. The predicted molar refractivity (Wildman–Crippen MR) is 79.6 cm³/mol. The van der Waals surface area contributed by atoms with E-state index in [1.54, 1.807) is 20.2 Å². The number of amides is 3. The molecule has 0 unspecified atom stereocenters. The van der Waals surface area contributed by atoms with E-state index < -0.39 is 0 Å². The molecule has 0 saturated heterocycles. The number of hydrogen-bond donors (Lipinski definition) is 2. The van der Waals surface area contributed by atoms with Crippen molar-refractivity contribution in [3.05, 3.63) is 35.1 Å². The van der Waals surface area contributed by atoms with E-state index in [-0.39, 0.29) is 24.2 Å². The van der Waals surface area contributed by atoms with Gasteiger partial charge in [0.15, 0.2) is 0 Å². The van der Waals surface area contributed by atoms with E-state index in [0.717, 1.165) is 11.1 Å². The lowest BCUT2D eigenvalue weighted by molar-refractivity contribution is -0.128. The lowest BCUT2D eigenvalue weighted by atomic mass is 10.1. The molecular weight excluding hydrogens is 273 g/mol. The minimum atomic E-state index is -0.304. The number of benzene rings is 1. The molecule has 5 nitrogen and oxygen atoms in total. The van der Waals surface area contributed by atoms with Crippen LogP contribution in [0.4, 0.5) is 9.18 Å². The van der Waals surface area contributed by atoms with E-state index in [1.165, 1.54) is 17.0 Å². The van der Waals surface area contributed by atoms with E-state index in [1.807, 2.05) is 6.92 Å². The van der Waals surface area contributed by atoms with Gasteiger partial charge in [-0.15, -0.1) is 0 Å². The molecule has 0 bridgehead atoms. The van der Waals surface area contributed by atoms with Crippen LogP contribution in [-0.2, 0) is 11.2 Å². The normalized spacial score (nSPS) is 10.1. The molecule has 0 saturated carbocycles. The highest BCUT2D eigenvalue weighted by molar-refractivity contribution is 5.77. The molecule has 1 rings (SSSR count). The summed E-state index contributed by atoms with van der Waals surface area (Å²) < 4.78 is 12.9. The number of nitrogens with one attached hydrogen (secondary N) is 2. The van der Waals surface area contributed by atoms with Gasteiger partial charge in [0.2, 0.25) is 5.91 Å². The fourth-order valence-corrected chi connectivity index (χ4v) is 1.82. The largest absolute Gasteiger partial charge is 0.349 e. The van der Waals surface area contributed by atoms with E-state index in [9.17, 15) is 14.0 Å². The number of halogens is 1. The maximum Gasteiger partial charge on any atom is 0.314 e. The molecular formula is C15H22FN3O2. The number of hydrogen-bond acceptors (Lipinski definition) is 2. The van der Waals surface area contributed by atoms with Gasteiger partial charge in [0.05, 0.1) is 0 Å². The van der Waals surface area contributed by atoms with Gasteiger partial charge < -0.3 is 15.5 Å². The number of carbonyl (C=O) groups excluding carboxylic acids is 2. The maximum absolute atomic E-state index is 12.9. The van der Waals surface area contributed by atoms with Crippen LogP contribution in [-0.4, -0.2) is 44.0 Å². The lowest BCUT2D eigenvalue weighted by Crippen LogP contribution is -2.38. The molecule has 116 valence electrons. The summed E-state index contributed by atoms with van der Waals surface area (Å²) in [6.07, 6.45) is 0.910. The second-order valence-corrected chi connectivity index (χ2v) is 5.04. The molecule has 21 heavy (non-hydrogen) atoms. The van der Waals surface area contributed by atoms with Gasteiger partial charge in [-0.1, -0.05) is 6.07 Å². The number of aryl methyl sites for hydroxylation is 1. The summed E-state index contributed by atoms with van der Waals surface area (Å²) in [5.41, 5.74) is 1.87. The molecule has 0 aliphatic heterocycles. The molecule has 0 aromatic heterocycles. The number of carbonyl (C=O) groups is 2. The zero-order valence-corrected chi connectivity index (χ0v) is 12.7. The summed E-state index contributed by atoms with van der Waals surface area (Å²) in [6, 6.07) is 4.30. The van der Waals surface area contributed by atoms with Crippen LogP contribution in [0.1, 0.15) is 17.5 Å². The van der Waals surface area contributed by atoms with E-state index in [2.05, 4.69) is 10.6 Å². The highest BCUT2D eigenvalue weighted by atomic mass is 19.1. The zero-order chi connectivity index (χ0) is 15.8. The first-order valence-corrected chi connectivity index (χ1v) is 6.87. The number of nitrogens with zero attached hydrogens (tertiary/aromatic N) is 1. The summed E-state index contributed by atoms with van der Waals surface area (Å²) in [5.74, 6) is -0.287. The van der Waals surface area contributed by atoms with Crippen LogP contribution in [0.2, 0.25) is 0 Å². The standard InChI is InChI=1S/C15H22FN3O2/c1-11-10-13(16)5-4-12(11)6-8-17-15(21)18-9-7-14(20)19(2)3/h4-5,10H,6-9H2,1-3H3,(H2,17,18,21). The van der Waals surface area contributed by atoms with Crippen LogP contribution >= 0.6 is 0 Å². The van der Waals surface area contributed by atoms with Crippen molar-refractivity contribution in [2.45, 2.75) is 19.8 Å². The second kappa shape index (κ2) is 8.24. The molecule has 0 heterocycles. The molecule has 6 heteroatoms. The third-order valence-corrected chi connectivity index (χ3v) is 3.11. The molecule has 0 aliphatic carbocycles. The first-order chi connectivity index (χ1) is 9.90. The molecule has 0 atom stereocenters. The maximum atomic E-state index is 12.9. The highest BCUT2D eigenvalue weighted by Crippen LogP contribution is 2.10. The summed E-state index contributed by atoms with van der Waals surface area (Å²) >= 11 is 0. The average Bonchev–Trinajstić information content (AvgIpc) is 2.41. The fourth-order valence-electron chi connectivity index (χ4n) is 1.82. The first-order valence-electron chi connectivity index (χ1n) is 6.87. The quantitative estimate of drug-likeness (QED) is 0.834. The van der Waals surface area contributed by atoms with Crippen molar-refractivity contribution >= 4 is 11.9 Å². The van der Waals surface area contributed by atoms with Crippen LogP contribution < -0.4 is 10.6 Å². The third kappa shape index (κ3) is 6.25. The highest BCUT2D eigenvalue weighted by Gasteiger charge is 2.05. The zero-order valence-electron chi connectivity index (χ0n) is 12.7. The Kier molecular flexibility index (Phi) is 6.65. The minimum absolute atomic E-state index is 0.0303. The number of urea groups is 1. The van der Waals surface area contributed by atoms with Crippen molar-refractivity contribution < 1.29 is 14.0 Å². The summed E-state index contributed by atoms with van der Waals surface area (Å²) in [7, 11) is 3.35. The van der Waals surface area contributed by atoms with Gasteiger partial charge in [-0.3, -0.25) is 4.79 Å². The van der Waals surface area contributed by atoms with Gasteiger partial charge >= 0.3 is 6.03 Å². The Bertz CT molecular complexity index is 504. The Hall–Kier alpha value is -2.11. The van der Waals surface area contributed by atoms with Gasteiger partial charge in [-0.2, -0.15) is 0 Å². The molecule has 1 aromatic carbocycles. The molecule has 0 fully saturated rings. The predicted octanol–water partition coefficient (Wildman–Crippen LogP) is 1.45. The molecule has 0 spiro atoms. The lowest BCUT2D eigenvalue weighted by Gasteiger charge is -2.11. The monoisotopic (exact) mass is 295 g/mol. The third-order valence-electron chi connectivity index (χ3n) is 3.11. The van der Waals surface area contributed by atoms with Crippen LogP contribution in [0, 0.1) is 12.7 Å². The van der Waals surface area contributed by atoms with Gasteiger partial charge in [0.25, 0.3) is 0 Å². The van der Waals surface area contributed by atoms with Crippen molar-refractivity contribution in [2.75, 3.05) is 27.2 Å². The van der Waals surface area contributed by atoms with Crippen LogP contribution in [0.25, 0.3) is 0 Å². The molecule has 2 N–H and O–H groups in total. The molecule has 0 radical (unpaired) electrons. The van der Waals surface area contributed by atoms with Crippen LogP contribution in [0.15, 0.2) is 18.2 Å². The Balaban J connectivity index is 2.23. The minimum Gasteiger partial charge on any atom is -0.349 e. The summed E-state index contributed by atoms with van der Waals surface area (Å²) in [6.45, 7) is 2.60. The van der Waals surface area contributed by atoms with Crippen molar-refractivity contribution in [3.63, 3.8) is 0 Å². The van der Waals surface area contributed by atoms with Crippen molar-refractivity contribution in [1.29, 1.82) is 0 Å². The van der Waals surface area contributed by atoms with E-state index >= 15 is 0 Å². The Morgan fingerprint density at radius 2 is 1.86 bits per heavy atom. The number of rotatable bonds is 6. The van der Waals surface area contributed by atoms with Crippen molar-refractivity contribution in [3.8, 4) is 0 Å². The topological polar surface area (TPSA) is 61.4 Å².